The Morgan fingerprint density at radius 2 is 1.79 bits per heavy atom. The smallest absolute Gasteiger partial charge is 0.335 e. The fraction of sp³-hybridized carbons (Fsp3) is 0.250. The molecule has 0 unspecified atom stereocenters. The average molecular weight is 400 g/mol. The van der Waals surface area contributed by atoms with Crippen molar-refractivity contribution in [1.82, 2.24) is 15.7 Å². The minimum atomic E-state index is -1.04. The predicted octanol–water partition coefficient (Wildman–Crippen LogP) is 1.75. The molecule has 0 heterocycles. The Bertz CT molecular complexity index is 854. The highest BCUT2D eigenvalue weighted by Crippen LogP contribution is 2.08. The third-order valence-electron chi connectivity index (χ3n) is 3.96. The third kappa shape index (κ3) is 7.15. The molecular formula is C20H24N4O5. The van der Waals surface area contributed by atoms with Crippen LogP contribution in [0.25, 0.3) is 0 Å². The van der Waals surface area contributed by atoms with E-state index in [2.05, 4.69) is 10.6 Å². The van der Waals surface area contributed by atoms with Gasteiger partial charge in [-0.1, -0.05) is 24.3 Å². The summed E-state index contributed by atoms with van der Waals surface area (Å²) >= 11 is 0. The summed E-state index contributed by atoms with van der Waals surface area (Å²) in [4.78, 5) is 40.6. The Labute approximate surface area is 168 Å². The molecule has 0 aliphatic carbocycles. The summed E-state index contributed by atoms with van der Waals surface area (Å²) in [5.74, 6) is -1.46. The SMILES string of the molecule is CCN(OCc1cccc(C(=O)O)c1)C(=O)CNC(=O)NCc1ccc(N)cc1. The van der Waals surface area contributed by atoms with E-state index in [1.165, 1.54) is 12.1 Å². The fourth-order valence-corrected chi connectivity index (χ4v) is 2.41. The number of amides is 3. The number of carbonyl (C=O) groups is 3. The molecule has 2 aromatic carbocycles. The van der Waals surface area contributed by atoms with E-state index in [1.54, 1.807) is 43.3 Å². The van der Waals surface area contributed by atoms with E-state index in [4.69, 9.17) is 15.7 Å². The molecule has 0 spiro atoms. The summed E-state index contributed by atoms with van der Waals surface area (Å²) in [5, 5.41) is 15.3. The fourth-order valence-electron chi connectivity index (χ4n) is 2.41. The predicted molar refractivity (Wildman–Crippen MR) is 107 cm³/mol. The maximum Gasteiger partial charge on any atom is 0.335 e. The highest BCUT2D eigenvalue weighted by molar-refractivity contribution is 5.87. The van der Waals surface area contributed by atoms with Gasteiger partial charge in [0, 0.05) is 18.8 Å². The van der Waals surface area contributed by atoms with Gasteiger partial charge in [0.2, 0.25) is 0 Å². The molecule has 0 aromatic heterocycles. The molecule has 0 fully saturated rings. The first-order chi connectivity index (χ1) is 13.9. The van der Waals surface area contributed by atoms with E-state index in [0.29, 0.717) is 17.8 Å². The van der Waals surface area contributed by atoms with Gasteiger partial charge in [-0.2, -0.15) is 0 Å². The van der Waals surface area contributed by atoms with Crippen LogP contribution in [0.3, 0.4) is 0 Å². The van der Waals surface area contributed by atoms with Crippen molar-refractivity contribution in [1.29, 1.82) is 0 Å². The lowest BCUT2D eigenvalue weighted by atomic mass is 10.1. The summed E-state index contributed by atoms with van der Waals surface area (Å²) in [6.07, 6.45) is 0. The van der Waals surface area contributed by atoms with Gasteiger partial charge in [-0.15, -0.1) is 0 Å². The van der Waals surface area contributed by atoms with Crippen LogP contribution in [0.1, 0.15) is 28.4 Å². The molecule has 9 nitrogen and oxygen atoms in total. The number of hydroxylamine groups is 2. The van der Waals surface area contributed by atoms with E-state index >= 15 is 0 Å². The van der Waals surface area contributed by atoms with Gasteiger partial charge in [0.25, 0.3) is 5.91 Å². The zero-order valence-electron chi connectivity index (χ0n) is 16.1. The molecular weight excluding hydrogens is 376 g/mol. The summed E-state index contributed by atoms with van der Waals surface area (Å²) in [7, 11) is 0. The van der Waals surface area contributed by atoms with Crippen molar-refractivity contribution in [2.75, 3.05) is 18.8 Å². The number of benzene rings is 2. The van der Waals surface area contributed by atoms with Gasteiger partial charge >= 0.3 is 12.0 Å². The lowest BCUT2D eigenvalue weighted by molar-refractivity contribution is -0.189. The molecule has 0 aliphatic heterocycles. The lowest BCUT2D eigenvalue weighted by Gasteiger charge is -2.20. The standard InChI is InChI=1S/C20H24N4O5/c1-2-24(29-13-15-4-3-5-16(10-15)19(26)27)18(25)12-23-20(28)22-11-14-6-8-17(21)9-7-14/h3-10H,2,11-13,21H2,1H3,(H,26,27)(H2,22,23,28). The van der Waals surface area contributed by atoms with Gasteiger partial charge in [0.15, 0.2) is 0 Å². The van der Waals surface area contributed by atoms with E-state index < -0.39 is 17.9 Å². The van der Waals surface area contributed by atoms with Crippen molar-refractivity contribution < 1.29 is 24.3 Å². The van der Waals surface area contributed by atoms with Gasteiger partial charge in [-0.25, -0.2) is 14.7 Å². The van der Waals surface area contributed by atoms with Crippen LogP contribution >= 0.6 is 0 Å². The minimum Gasteiger partial charge on any atom is -0.478 e. The van der Waals surface area contributed by atoms with Gasteiger partial charge < -0.3 is 21.5 Å². The number of hydrogen-bond donors (Lipinski definition) is 4. The minimum absolute atomic E-state index is 0.0318. The molecule has 5 N–H and O–H groups in total. The van der Waals surface area contributed by atoms with Gasteiger partial charge in [-0.05, 0) is 42.3 Å². The van der Waals surface area contributed by atoms with E-state index in [-0.39, 0.29) is 25.3 Å². The Balaban J connectivity index is 1.77. The summed E-state index contributed by atoms with van der Waals surface area (Å²) in [5.41, 5.74) is 7.88. The molecule has 2 rings (SSSR count). The number of nitrogens with zero attached hydrogens (tertiary/aromatic N) is 1. The maximum absolute atomic E-state index is 12.2. The largest absolute Gasteiger partial charge is 0.478 e. The number of nitrogens with two attached hydrogens (primary N) is 1. The molecule has 3 amide bonds. The van der Waals surface area contributed by atoms with Gasteiger partial charge in [-0.3, -0.25) is 9.63 Å². The van der Waals surface area contributed by atoms with Crippen LogP contribution < -0.4 is 16.4 Å². The van der Waals surface area contributed by atoms with Crippen LogP contribution in [0, 0.1) is 0 Å². The molecule has 2 aromatic rings. The summed E-state index contributed by atoms with van der Waals surface area (Å²) in [6.45, 7) is 2.09. The van der Waals surface area contributed by atoms with Crippen LogP contribution in [0.5, 0.6) is 0 Å². The monoisotopic (exact) mass is 400 g/mol. The second-order valence-corrected chi connectivity index (χ2v) is 6.15. The van der Waals surface area contributed by atoms with Crippen LogP contribution in [0.2, 0.25) is 0 Å². The topological polar surface area (TPSA) is 134 Å². The first-order valence-corrected chi connectivity index (χ1v) is 9.00. The Hall–Kier alpha value is -3.59. The van der Waals surface area contributed by atoms with Crippen molar-refractivity contribution in [3.05, 3.63) is 65.2 Å². The third-order valence-corrected chi connectivity index (χ3v) is 3.96. The number of nitrogens with one attached hydrogen (secondary N) is 2. The molecule has 154 valence electrons. The van der Waals surface area contributed by atoms with Crippen molar-refractivity contribution in [3.8, 4) is 0 Å². The maximum atomic E-state index is 12.2. The zero-order valence-corrected chi connectivity index (χ0v) is 16.1. The molecule has 0 aliphatic rings. The average Bonchev–Trinajstić information content (AvgIpc) is 2.72. The molecule has 0 saturated carbocycles. The number of likely N-dealkylation sites (N-methyl/N-ethyl adjacent to an activating group) is 1. The van der Waals surface area contributed by atoms with E-state index in [0.717, 1.165) is 10.6 Å². The van der Waals surface area contributed by atoms with Crippen molar-refractivity contribution >= 4 is 23.6 Å². The number of carboxylic acids is 1. The number of urea groups is 1. The highest BCUT2D eigenvalue weighted by atomic mass is 16.7. The van der Waals surface area contributed by atoms with Crippen LogP contribution in [-0.2, 0) is 22.8 Å². The number of rotatable bonds is 9. The lowest BCUT2D eigenvalue weighted by Crippen LogP contribution is -2.43. The Morgan fingerprint density at radius 1 is 1.07 bits per heavy atom. The summed E-state index contributed by atoms with van der Waals surface area (Å²) in [6, 6.07) is 12.8. The van der Waals surface area contributed by atoms with Crippen molar-refractivity contribution in [3.63, 3.8) is 0 Å². The second kappa shape index (κ2) is 10.7. The summed E-state index contributed by atoms with van der Waals surface area (Å²) < 4.78 is 0. The van der Waals surface area contributed by atoms with Crippen LogP contribution in [0.4, 0.5) is 10.5 Å². The molecule has 0 atom stereocenters. The van der Waals surface area contributed by atoms with Gasteiger partial charge in [0.05, 0.1) is 5.56 Å². The van der Waals surface area contributed by atoms with Crippen molar-refractivity contribution in [2.24, 2.45) is 0 Å². The van der Waals surface area contributed by atoms with Crippen LogP contribution in [-0.4, -0.2) is 41.2 Å². The number of hydrogen-bond acceptors (Lipinski definition) is 5. The first-order valence-electron chi connectivity index (χ1n) is 9.00. The normalized spacial score (nSPS) is 10.2. The molecule has 9 heteroatoms. The number of nitrogen functional groups attached to an aromatic ring is 1. The zero-order chi connectivity index (χ0) is 21.2. The number of anilines is 1. The van der Waals surface area contributed by atoms with E-state index in [9.17, 15) is 14.4 Å². The van der Waals surface area contributed by atoms with Crippen molar-refractivity contribution in [2.45, 2.75) is 20.1 Å². The molecule has 0 bridgehead atoms. The number of aromatic carboxylic acids is 1. The van der Waals surface area contributed by atoms with Gasteiger partial charge in [0.1, 0.15) is 13.2 Å². The highest BCUT2D eigenvalue weighted by Gasteiger charge is 2.14. The number of carboxylic acid groups (broad SMARTS) is 1. The Kier molecular flexibility index (Phi) is 7.99. The van der Waals surface area contributed by atoms with E-state index in [1.807, 2.05) is 0 Å². The second-order valence-electron chi connectivity index (χ2n) is 6.15. The first kappa shape index (κ1) is 21.7. The Morgan fingerprint density at radius 3 is 2.45 bits per heavy atom. The quantitative estimate of drug-likeness (QED) is 0.374. The molecule has 0 radical (unpaired) electrons. The molecule has 29 heavy (non-hydrogen) atoms. The van der Waals surface area contributed by atoms with Crippen LogP contribution in [0.15, 0.2) is 48.5 Å². The molecule has 0 saturated heterocycles. The number of carbonyl (C=O) groups excluding carboxylic acids is 2.